The van der Waals surface area contributed by atoms with Crippen LogP contribution < -0.4 is 9.47 Å². The molecule has 3 heteroatoms. The SMILES string of the molecule is c1ccc(COc2ccc(Cn3ccc4ccccc43)cc2OCc2ccccc2)cc1. The van der Waals surface area contributed by atoms with E-state index in [1.165, 1.54) is 16.5 Å². The van der Waals surface area contributed by atoms with E-state index >= 15 is 0 Å². The Balaban J connectivity index is 1.39. The summed E-state index contributed by atoms with van der Waals surface area (Å²) in [6.45, 7) is 1.77. The van der Waals surface area contributed by atoms with E-state index in [1.807, 2.05) is 42.5 Å². The number of benzene rings is 4. The normalized spacial score (nSPS) is 10.9. The molecule has 0 spiro atoms. The Morgan fingerprint density at radius 2 is 1.16 bits per heavy atom. The Bertz CT molecular complexity index is 1290. The van der Waals surface area contributed by atoms with E-state index in [1.54, 1.807) is 0 Å². The maximum absolute atomic E-state index is 6.22. The van der Waals surface area contributed by atoms with Crippen LogP contribution in [-0.4, -0.2) is 4.57 Å². The third-order valence-corrected chi connectivity index (χ3v) is 5.52. The van der Waals surface area contributed by atoms with Gasteiger partial charge >= 0.3 is 0 Å². The molecule has 158 valence electrons. The van der Waals surface area contributed by atoms with Gasteiger partial charge in [-0.3, -0.25) is 0 Å². The highest BCUT2D eigenvalue weighted by Crippen LogP contribution is 2.31. The lowest BCUT2D eigenvalue weighted by Gasteiger charge is -2.15. The van der Waals surface area contributed by atoms with Crippen molar-refractivity contribution in [3.8, 4) is 11.5 Å². The van der Waals surface area contributed by atoms with Crippen LogP contribution in [0.15, 0.2) is 115 Å². The van der Waals surface area contributed by atoms with E-state index in [4.69, 9.17) is 9.47 Å². The van der Waals surface area contributed by atoms with Crippen LogP contribution in [0.5, 0.6) is 11.5 Å². The monoisotopic (exact) mass is 419 g/mol. The Hall–Kier alpha value is -3.98. The number of aromatic nitrogens is 1. The first-order valence-electron chi connectivity index (χ1n) is 10.9. The van der Waals surface area contributed by atoms with Crippen LogP contribution in [0.4, 0.5) is 0 Å². The molecule has 0 aliphatic heterocycles. The van der Waals surface area contributed by atoms with Crippen molar-refractivity contribution in [3.63, 3.8) is 0 Å². The van der Waals surface area contributed by atoms with Gasteiger partial charge < -0.3 is 14.0 Å². The fraction of sp³-hybridized carbons (Fsp3) is 0.103. The number of ether oxygens (including phenoxy) is 2. The topological polar surface area (TPSA) is 23.4 Å². The maximum atomic E-state index is 6.22. The van der Waals surface area contributed by atoms with Crippen LogP contribution in [0.2, 0.25) is 0 Å². The molecule has 1 heterocycles. The minimum atomic E-state index is 0.498. The van der Waals surface area contributed by atoms with Gasteiger partial charge in [0.2, 0.25) is 0 Å². The van der Waals surface area contributed by atoms with Crippen LogP contribution in [0.25, 0.3) is 10.9 Å². The van der Waals surface area contributed by atoms with Crippen LogP contribution in [0.1, 0.15) is 16.7 Å². The summed E-state index contributed by atoms with van der Waals surface area (Å²) >= 11 is 0. The molecule has 0 N–H and O–H groups in total. The molecule has 0 saturated heterocycles. The Morgan fingerprint density at radius 1 is 0.531 bits per heavy atom. The van der Waals surface area contributed by atoms with Gasteiger partial charge in [0.05, 0.1) is 0 Å². The van der Waals surface area contributed by atoms with E-state index in [0.29, 0.717) is 13.2 Å². The fourth-order valence-electron chi connectivity index (χ4n) is 3.83. The summed E-state index contributed by atoms with van der Waals surface area (Å²) in [7, 11) is 0. The van der Waals surface area contributed by atoms with Crippen molar-refractivity contribution < 1.29 is 9.47 Å². The van der Waals surface area contributed by atoms with Gasteiger partial charge in [0.15, 0.2) is 11.5 Å². The molecule has 0 atom stereocenters. The van der Waals surface area contributed by atoms with E-state index in [0.717, 1.165) is 29.2 Å². The highest BCUT2D eigenvalue weighted by Gasteiger charge is 2.10. The van der Waals surface area contributed by atoms with Gasteiger partial charge in [0, 0.05) is 18.3 Å². The maximum Gasteiger partial charge on any atom is 0.162 e. The van der Waals surface area contributed by atoms with Crippen molar-refractivity contribution in [1.29, 1.82) is 0 Å². The highest BCUT2D eigenvalue weighted by atomic mass is 16.5. The molecule has 3 nitrogen and oxygen atoms in total. The van der Waals surface area contributed by atoms with E-state index in [2.05, 4.69) is 77.5 Å². The molecule has 0 radical (unpaired) electrons. The van der Waals surface area contributed by atoms with Gasteiger partial charge in [-0.15, -0.1) is 0 Å². The summed E-state index contributed by atoms with van der Waals surface area (Å²) in [6, 6.07) is 37.2. The van der Waals surface area contributed by atoms with Gasteiger partial charge in [0.1, 0.15) is 13.2 Å². The molecule has 0 amide bonds. The van der Waals surface area contributed by atoms with Crippen molar-refractivity contribution >= 4 is 10.9 Å². The highest BCUT2D eigenvalue weighted by molar-refractivity contribution is 5.80. The third kappa shape index (κ3) is 4.68. The van der Waals surface area contributed by atoms with E-state index < -0.39 is 0 Å². The second-order valence-electron chi connectivity index (χ2n) is 7.83. The fourth-order valence-corrected chi connectivity index (χ4v) is 3.83. The molecule has 32 heavy (non-hydrogen) atoms. The molecular weight excluding hydrogens is 394 g/mol. The van der Waals surface area contributed by atoms with Crippen molar-refractivity contribution in [2.24, 2.45) is 0 Å². The third-order valence-electron chi connectivity index (χ3n) is 5.52. The quantitative estimate of drug-likeness (QED) is 0.275. The number of para-hydroxylation sites is 1. The summed E-state index contributed by atoms with van der Waals surface area (Å²) in [6.07, 6.45) is 2.13. The summed E-state index contributed by atoms with van der Waals surface area (Å²) in [5.41, 5.74) is 4.65. The van der Waals surface area contributed by atoms with E-state index in [-0.39, 0.29) is 0 Å². The molecule has 0 saturated carbocycles. The molecule has 0 aliphatic rings. The first-order chi connectivity index (χ1) is 15.8. The number of fused-ring (bicyclic) bond motifs is 1. The van der Waals surface area contributed by atoms with Crippen molar-refractivity contribution in [3.05, 3.63) is 132 Å². The Kier molecular flexibility index (Phi) is 5.89. The molecule has 5 rings (SSSR count). The van der Waals surface area contributed by atoms with Crippen molar-refractivity contribution in [2.45, 2.75) is 19.8 Å². The summed E-state index contributed by atoms with van der Waals surface area (Å²) in [5.74, 6) is 1.52. The number of hydrogen-bond acceptors (Lipinski definition) is 2. The Labute approximate surface area is 188 Å². The van der Waals surface area contributed by atoms with Crippen molar-refractivity contribution in [1.82, 2.24) is 4.57 Å². The average molecular weight is 420 g/mol. The summed E-state index contributed by atoms with van der Waals surface area (Å²) < 4.78 is 14.6. The molecule has 0 fully saturated rings. The predicted octanol–water partition coefficient (Wildman–Crippen LogP) is 6.85. The molecule has 5 aromatic rings. The Morgan fingerprint density at radius 3 is 1.88 bits per heavy atom. The zero-order chi connectivity index (χ0) is 21.6. The van der Waals surface area contributed by atoms with Crippen molar-refractivity contribution in [2.75, 3.05) is 0 Å². The smallest absolute Gasteiger partial charge is 0.162 e. The van der Waals surface area contributed by atoms with Crippen LogP contribution in [-0.2, 0) is 19.8 Å². The average Bonchev–Trinajstić information content (AvgIpc) is 3.26. The second kappa shape index (κ2) is 9.44. The molecular formula is C29H25NO2. The largest absolute Gasteiger partial charge is 0.485 e. The number of hydrogen-bond donors (Lipinski definition) is 0. The molecule has 1 aromatic heterocycles. The zero-order valence-electron chi connectivity index (χ0n) is 17.9. The van der Waals surface area contributed by atoms with Gasteiger partial charge in [-0.2, -0.15) is 0 Å². The van der Waals surface area contributed by atoms with Crippen LogP contribution in [0.3, 0.4) is 0 Å². The molecule has 4 aromatic carbocycles. The molecule has 0 unspecified atom stereocenters. The first-order valence-corrected chi connectivity index (χ1v) is 10.9. The lowest BCUT2D eigenvalue weighted by atomic mass is 10.2. The van der Waals surface area contributed by atoms with Crippen LogP contribution in [0, 0.1) is 0 Å². The van der Waals surface area contributed by atoms with Gasteiger partial charge in [-0.05, 0) is 46.3 Å². The van der Waals surface area contributed by atoms with Gasteiger partial charge in [-0.1, -0.05) is 84.9 Å². The minimum absolute atomic E-state index is 0.498. The lowest BCUT2D eigenvalue weighted by Crippen LogP contribution is -2.03. The minimum Gasteiger partial charge on any atom is -0.485 e. The standard InChI is InChI=1S/C29H25NO2/c1-3-9-23(10-4-1)21-31-28-16-15-25(19-29(28)32-22-24-11-5-2-6-12-24)20-30-18-17-26-13-7-8-14-27(26)30/h1-19H,20-22H2. The molecule has 0 aliphatic carbocycles. The number of rotatable bonds is 8. The molecule has 0 bridgehead atoms. The predicted molar refractivity (Wildman–Crippen MR) is 129 cm³/mol. The summed E-state index contributed by atoms with van der Waals surface area (Å²) in [5, 5.41) is 1.25. The van der Waals surface area contributed by atoms with Gasteiger partial charge in [0.25, 0.3) is 0 Å². The van der Waals surface area contributed by atoms with E-state index in [9.17, 15) is 0 Å². The number of nitrogens with zero attached hydrogens (tertiary/aromatic N) is 1. The first kappa shape index (κ1) is 20.0. The van der Waals surface area contributed by atoms with Crippen LogP contribution >= 0.6 is 0 Å². The van der Waals surface area contributed by atoms with Gasteiger partial charge in [-0.25, -0.2) is 0 Å². The zero-order valence-corrected chi connectivity index (χ0v) is 17.9. The lowest BCUT2D eigenvalue weighted by molar-refractivity contribution is 0.255. The second-order valence-corrected chi connectivity index (χ2v) is 7.83. The summed E-state index contributed by atoms with van der Waals surface area (Å²) in [4.78, 5) is 0.